The molecule has 0 aliphatic carbocycles. The molecule has 1 N–H and O–H groups in total. The van der Waals surface area contributed by atoms with Crippen molar-refractivity contribution >= 4 is 24.1 Å². The Bertz CT molecular complexity index is 1150. The number of rotatable bonds is 8. The van der Waals surface area contributed by atoms with Gasteiger partial charge in [0.2, 0.25) is 10.5 Å². The molecule has 3 aromatic rings. The van der Waals surface area contributed by atoms with Gasteiger partial charge in [-0.2, -0.15) is 14.9 Å². The van der Waals surface area contributed by atoms with Gasteiger partial charge in [0.1, 0.15) is 5.75 Å². The second-order valence-corrected chi connectivity index (χ2v) is 6.26. The van der Waals surface area contributed by atoms with Crippen molar-refractivity contribution in [3.8, 4) is 28.6 Å². The fourth-order valence-corrected chi connectivity index (χ4v) is 2.98. The summed E-state index contributed by atoms with van der Waals surface area (Å²) in [5.41, 5.74) is 0.879. The number of para-hydroxylation sites is 1. The third-order valence-electron chi connectivity index (χ3n) is 4.08. The number of hydrogen-bond acceptors (Lipinski definition) is 8. The van der Waals surface area contributed by atoms with E-state index < -0.39 is 4.92 Å². The van der Waals surface area contributed by atoms with Crippen LogP contribution >= 0.6 is 12.2 Å². The third kappa shape index (κ3) is 4.15. The number of hydrogen-bond donors (Lipinski definition) is 1. The lowest BCUT2D eigenvalue weighted by Crippen LogP contribution is -2.01. The lowest BCUT2D eigenvalue weighted by Gasteiger charge is -2.09. The number of benzene rings is 2. The molecule has 0 saturated heterocycles. The first kappa shape index (κ1) is 21.0. The van der Waals surface area contributed by atoms with Crippen LogP contribution in [0.15, 0.2) is 41.5 Å². The maximum Gasteiger partial charge on any atom is 0.315 e. The van der Waals surface area contributed by atoms with E-state index in [0.29, 0.717) is 29.3 Å². The van der Waals surface area contributed by atoms with Crippen molar-refractivity contribution in [2.24, 2.45) is 5.10 Å². The van der Waals surface area contributed by atoms with Gasteiger partial charge >= 0.3 is 5.69 Å². The summed E-state index contributed by atoms with van der Waals surface area (Å²) in [6.07, 6.45) is 1.42. The summed E-state index contributed by atoms with van der Waals surface area (Å²) in [6, 6.07) is 10.3. The zero-order valence-corrected chi connectivity index (χ0v) is 17.3. The monoisotopic (exact) mass is 429 g/mol. The average Bonchev–Trinajstić information content (AvgIpc) is 3.12. The molecule has 11 heteroatoms. The highest BCUT2D eigenvalue weighted by Gasteiger charge is 2.21. The smallest absolute Gasteiger partial charge is 0.315 e. The topological polar surface area (TPSA) is 117 Å². The number of nitrogens with zero attached hydrogens (tertiary/aromatic N) is 4. The SMILES string of the molecule is CCOc1ccccc1-c1n[nH]c(=S)n1/N=C\c1cc(OC)c(OC)c([N+](=O)[O-])c1. The maximum absolute atomic E-state index is 11.4. The minimum absolute atomic E-state index is 0.0332. The molecule has 0 bridgehead atoms. The van der Waals surface area contributed by atoms with Crippen LogP contribution in [-0.2, 0) is 0 Å². The molecule has 3 rings (SSSR count). The first-order chi connectivity index (χ1) is 14.5. The largest absolute Gasteiger partial charge is 0.493 e. The molecule has 156 valence electrons. The molecule has 0 spiro atoms. The van der Waals surface area contributed by atoms with Gasteiger partial charge in [0, 0.05) is 11.6 Å². The van der Waals surface area contributed by atoms with E-state index in [1.807, 2.05) is 31.2 Å². The van der Waals surface area contributed by atoms with Crippen LogP contribution in [-0.4, -0.2) is 46.8 Å². The van der Waals surface area contributed by atoms with Crippen molar-refractivity contribution in [3.63, 3.8) is 0 Å². The number of nitro benzene ring substituents is 1. The van der Waals surface area contributed by atoms with E-state index in [1.54, 1.807) is 6.07 Å². The molecule has 1 heterocycles. The summed E-state index contributed by atoms with van der Waals surface area (Å²) >= 11 is 5.29. The molecular weight excluding hydrogens is 410 g/mol. The molecule has 30 heavy (non-hydrogen) atoms. The van der Waals surface area contributed by atoms with Crippen LogP contribution in [0.5, 0.6) is 17.2 Å². The first-order valence-electron chi connectivity index (χ1n) is 8.84. The summed E-state index contributed by atoms with van der Waals surface area (Å²) in [5.74, 6) is 1.32. The molecule has 0 amide bonds. The van der Waals surface area contributed by atoms with Gasteiger partial charge in [-0.1, -0.05) is 12.1 Å². The number of aromatic amines is 1. The molecular formula is C19H19N5O5S. The molecule has 0 fully saturated rings. The fourth-order valence-electron chi connectivity index (χ4n) is 2.81. The van der Waals surface area contributed by atoms with Gasteiger partial charge in [-0.05, 0) is 37.3 Å². The van der Waals surface area contributed by atoms with Crippen molar-refractivity contribution in [2.45, 2.75) is 6.92 Å². The molecule has 10 nitrogen and oxygen atoms in total. The first-order valence-corrected chi connectivity index (χ1v) is 9.25. The summed E-state index contributed by atoms with van der Waals surface area (Å²) < 4.78 is 17.6. The number of H-pyrrole nitrogens is 1. The molecule has 0 saturated carbocycles. The van der Waals surface area contributed by atoms with E-state index in [2.05, 4.69) is 15.3 Å². The summed E-state index contributed by atoms with van der Waals surface area (Å²) in [5, 5.41) is 22.7. The standard InChI is InChI=1S/C19H19N5O5S/c1-4-29-15-8-6-5-7-13(15)18-21-22-19(30)23(18)20-11-12-9-14(24(25)26)17(28-3)16(10-12)27-2/h5-11H,4H2,1-3H3,(H,22,30)/b20-11-. The number of nitrogens with one attached hydrogen (secondary N) is 1. The van der Waals surface area contributed by atoms with Crippen LogP contribution in [0.3, 0.4) is 0 Å². The van der Waals surface area contributed by atoms with Gasteiger partial charge in [-0.3, -0.25) is 10.1 Å². The summed E-state index contributed by atoms with van der Waals surface area (Å²) in [6.45, 7) is 2.37. The predicted octanol–water partition coefficient (Wildman–Crippen LogP) is 3.81. The Morgan fingerprint density at radius 2 is 2.03 bits per heavy atom. The normalized spacial score (nSPS) is 10.9. The summed E-state index contributed by atoms with van der Waals surface area (Å²) in [7, 11) is 2.74. The zero-order chi connectivity index (χ0) is 21.7. The van der Waals surface area contributed by atoms with Gasteiger partial charge in [0.05, 0.1) is 37.5 Å². The Hall–Kier alpha value is -3.73. The molecule has 0 radical (unpaired) electrons. The van der Waals surface area contributed by atoms with Gasteiger partial charge in [-0.15, -0.1) is 0 Å². The van der Waals surface area contributed by atoms with E-state index in [4.69, 9.17) is 26.4 Å². The second kappa shape index (κ2) is 9.18. The van der Waals surface area contributed by atoms with Crippen LogP contribution in [0.4, 0.5) is 5.69 Å². The summed E-state index contributed by atoms with van der Waals surface area (Å²) in [4.78, 5) is 10.9. The minimum Gasteiger partial charge on any atom is -0.493 e. The highest BCUT2D eigenvalue weighted by Crippen LogP contribution is 2.37. The highest BCUT2D eigenvalue weighted by atomic mass is 32.1. The Morgan fingerprint density at radius 1 is 1.27 bits per heavy atom. The van der Waals surface area contributed by atoms with E-state index in [0.717, 1.165) is 0 Å². The number of nitro groups is 1. The van der Waals surface area contributed by atoms with Crippen molar-refractivity contribution in [2.75, 3.05) is 20.8 Å². The number of methoxy groups -OCH3 is 2. The Balaban J connectivity index is 2.07. The molecule has 0 aliphatic rings. The third-order valence-corrected chi connectivity index (χ3v) is 4.34. The Kier molecular flexibility index (Phi) is 6.42. The number of aromatic nitrogens is 3. The Morgan fingerprint density at radius 3 is 2.70 bits per heavy atom. The molecule has 0 unspecified atom stereocenters. The molecule has 0 atom stereocenters. The Labute approximate surface area is 176 Å². The van der Waals surface area contributed by atoms with Gasteiger partial charge in [0.15, 0.2) is 11.6 Å². The fraction of sp³-hybridized carbons (Fsp3) is 0.211. The van der Waals surface area contributed by atoms with E-state index in [1.165, 1.54) is 31.2 Å². The van der Waals surface area contributed by atoms with Crippen molar-refractivity contribution in [1.29, 1.82) is 0 Å². The van der Waals surface area contributed by atoms with E-state index in [9.17, 15) is 10.1 Å². The molecule has 1 aromatic heterocycles. The predicted molar refractivity (Wildman–Crippen MR) is 113 cm³/mol. The second-order valence-electron chi connectivity index (χ2n) is 5.87. The number of ether oxygens (including phenoxy) is 3. The van der Waals surface area contributed by atoms with Gasteiger partial charge in [-0.25, -0.2) is 5.10 Å². The van der Waals surface area contributed by atoms with Crippen LogP contribution in [0.25, 0.3) is 11.4 Å². The van der Waals surface area contributed by atoms with Crippen LogP contribution in [0, 0.1) is 14.9 Å². The zero-order valence-electron chi connectivity index (χ0n) is 16.5. The quantitative estimate of drug-likeness (QED) is 0.250. The van der Waals surface area contributed by atoms with Crippen LogP contribution < -0.4 is 14.2 Å². The van der Waals surface area contributed by atoms with E-state index in [-0.39, 0.29) is 22.0 Å². The lowest BCUT2D eigenvalue weighted by molar-refractivity contribution is -0.385. The van der Waals surface area contributed by atoms with Crippen molar-refractivity contribution in [1.82, 2.24) is 14.9 Å². The van der Waals surface area contributed by atoms with Gasteiger partial charge in [0.25, 0.3) is 0 Å². The molecule has 2 aromatic carbocycles. The van der Waals surface area contributed by atoms with Crippen LogP contribution in [0.1, 0.15) is 12.5 Å². The lowest BCUT2D eigenvalue weighted by atomic mass is 10.2. The van der Waals surface area contributed by atoms with Crippen molar-refractivity contribution < 1.29 is 19.1 Å². The van der Waals surface area contributed by atoms with E-state index >= 15 is 0 Å². The van der Waals surface area contributed by atoms with Gasteiger partial charge < -0.3 is 14.2 Å². The van der Waals surface area contributed by atoms with Crippen molar-refractivity contribution in [3.05, 3.63) is 56.8 Å². The highest BCUT2D eigenvalue weighted by molar-refractivity contribution is 7.71. The average molecular weight is 429 g/mol. The minimum atomic E-state index is -0.550. The molecule has 0 aliphatic heterocycles. The van der Waals surface area contributed by atoms with Crippen LogP contribution in [0.2, 0.25) is 0 Å². The maximum atomic E-state index is 11.4.